The molecule has 4 unspecified atom stereocenters. The van der Waals surface area contributed by atoms with Gasteiger partial charge in [0.25, 0.3) is 0 Å². The van der Waals surface area contributed by atoms with Crippen LogP contribution in [0.25, 0.3) is 0 Å². The molecule has 2 heterocycles. The molecular weight excluding hydrogens is 417 g/mol. The number of rotatable bonds is 7. The van der Waals surface area contributed by atoms with E-state index in [4.69, 9.17) is 0 Å². The maximum Gasteiger partial charge on any atom is 0.573 e. The van der Waals surface area contributed by atoms with Gasteiger partial charge in [0.05, 0.1) is 11.8 Å². The average Bonchev–Trinajstić information content (AvgIpc) is 3.15. The monoisotopic (exact) mass is 442 g/mol. The highest BCUT2D eigenvalue weighted by Crippen LogP contribution is 2.51. The summed E-state index contributed by atoms with van der Waals surface area (Å²) in [7, 11) is 0. The van der Waals surface area contributed by atoms with E-state index in [1.807, 2.05) is 6.92 Å². The lowest BCUT2D eigenvalue weighted by Gasteiger charge is -2.34. The molecule has 1 aromatic rings. The molecule has 2 saturated heterocycles. The molecule has 1 aromatic carbocycles. The zero-order valence-corrected chi connectivity index (χ0v) is 17.4. The summed E-state index contributed by atoms with van der Waals surface area (Å²) < 4.78 is 41.2. The first kappa shape index (κ1) is 23.1. The summed E-state index contributed by atoms with van der Waals surface area (Å²) in [6.45, 7) is 5.44. The van der Waals surface area contributed by atoms with Crippen LogP contribution in [0.2, 0.25) is 0 Å². The predicted molar refractivity (Wildman–Crippen MR) is 103 cm³/mol. The van der Waals surface area contributed by atoms with Gasteiger partial charge in [0.15, 0.2) is 0 Å². The predicted octanol–water partition coefficient (Wildman–Crippen LogP) is 3.11. The van der Waals surface area contributed by atoms with Gasteiger partial charge in [0.2, 0.25) is 11.8 Å². The van der Waals surface area contributed by atoms with E-state index in [2.05, 4.69) is 10.1 Å². The Morgan fingerprint density at radius 1 is 1.23 bits per heavy atom. The van der Waals surface area contributed by atoms with E-state index in [9.17, 15) is 32.7 Å². The van der Waals surface area contributed by atoms with Crippen molar-refractivity contribution < 1.29 is 37.4 Å². The van der Waals surface area contributed by atoms with E-state index in [1.165, 1.54) is 12.1 Å². The summed E-state index contributed by atoms with van der Waals surface area (Å²) in [4.78, 5) is 39.9. The maximum atomic E-state index is 13.2. The molecule has 0 aromatic heterocycles. The van der Waals surface area contributed by atoms with Crippen molar-refractivity contribution in [1.29, 1.82) is 0 Å². The van der Waals surface area contributed by atoms with Gasteiger partial charge in [-0.15, -0.1) is 13.2 Å². The first-order chi connectivity index (χ1) is 14.4. The summed E-state index contributed by atoms with van der Waals surface area (Å²) in [5, 5.41) is 13.1. The first-order valence-corrected chi connectivity index (χ1v) is 10.2. The number of hydrogen-bond acceptors (Lipinski definition) is 5. The number of benzene rings is 1. The molecule has 4 atom stereocenters. The van der Waals surface area contributed by atoms with E-state index in [1.54, 1.807) is 13.8 Å². The van der Waals surface area contributed by atoms with E-state index < -0.39 is 59.2 Å². The Kier molecular flexibility index (Phi) is 6.05. The normalized spacial score (nSPS) is 28.4. The van der Waals surface area contributed by atoms with Gasteiger partial charge < -0.3 is 9.84 Å². The first-order valence-electron chi connectivity index (χ1n) is 10.2. The lowest BCUT2D eigenvalue weighted by Crippen LogP contribution is -2.59. The minimum atomic E-state index is -4.85. The van der Waals surface area contributed by atoms with E-state index in [0.29, 0.717) is 12.0 Å². The highest BCUT2D eigenvalue weighted by Gasteiger charge is 2.69. The van der Waals surface area contributed by atoms with E-state index in [-0.39, 0.29) is 6.54 Å². The molecule has 0 radical (unpaired) electrons. The molecule has 0 saturated carbocycles. The van der Waals surface area contributed by atoms with Crippen molar-refractivity contribution in [3.63, 3.8) is 0 Å². The molecule has 7 nitrogen and oxygen atoms in total. The van der Waals surface area contributed by atoms with Crippen LogP contribution in [-0.4, -0.2) is 46.2 Å². The molecule has 2 N–H and O–H groups in total. The summed E-state index contributed by atoms with van der Waals surface area (Å²) in [5.41, 5.74) is -1.27. The van der Waals surface area contributed by atoms with Gasteiger partial charge in [-0.25, -0.2) is 0 Å². The third-order valence-corrected chi connectivity index (χ3v) is 6.16. The van der Waals surface area contributed by atoms with Crippen LogP contribution < -0.4 is 10.1 Å². The Morgan fingerprint density at radius 3 is 2.32 bits per heavy atom. The van der Waals surface area contributed by atoms with Gasteiger partial charge in [-0.2, -0.15) is 0 Å². The smallest absolute Gasteiger partial charge is 0.480 e. The largest absolute Gasteiger partial charge is 0.573 e. The summed E-state index contributed by atoms with van der Waals surface area (Å²) >= 11 is 0. The molecule has 0 aliphatic carbocycles. The molecule has 2 aliphatic rings. The Balaban J connectivity index is 2.02. The number of carbonyl (C=O) groups excluding carboxylic acids is 2. The number of amides is 2. The number of nitrogens with zero attached hydrogens (tertiary/aromatic N) is 1. The van der Waals surface area contributed by atoms with Crippen LogP contribution in [0, 0.1) is 17.8 Å². The van der Waals surface area contributed by atoms with Crippen molar-refractivity contribution in [2.75, 3.05) is 6.54 Å². The lowest BCUT2D eigenvalue weighted by molar-refractivity contribution is -0.274. The fraction of sp³-hybridized carbons (Fsp3) is 0.571. The minimum absolute atomic E-state index is 0.208. The second-order valence-corrected chi connectivity index (χ2v) is 8.25. The number of unbranched alkanes of at least 4 members (excludes halogenated alkanes) is 1. The number of carboxylic acid groups (broad SMARTS) is 1. The zero-order valence-electron chi connectivity index (χ0n) is 17.4. The number of nitrogens with one attached hydrogen (secondary N) is 1. The summed E-state index contributed by atoms with van der Waals surface area (Å²) in [6, 6.07) is 4.06. The number of carbonyl (C=O) groups is 3. The quantitative estimate of drug-likeness (QED) is 0.630. The van der Waals surface area contributed by atoms with Gasteiger partial charge >= 0.3 is 12.3 Å². The Hall–Kier alpha value is -2.62. The number of hydrogen-bond donors (Lipinski definition) is 2. The van der Waals surface area contributed by atoms with Crippen LogP contribution in [-0.2, 0) is 14.4 Å². The average molecular weight is 442 g/mol. The van der Waals surface area contributed by atoms with Crippen LogP contribution in [0.1, 0.15) is 45.2 Å². The highest BCUT2D eigenvalue weighted by molar-refractivity contribution is 6.09. The van der Waals surface area contributed by atoms with Crippen molar-refractivity contribution in [2.45, 2.75) is 51.6 Å². The molecule has 10 heteroatoms. The fourth-order valence-electron chi connectivity index (χ4n) is 4.67. The number of aliphatic carboxylic acids is 1. The second kappa shape index (κ2) is 8.14. The SMILES string of the molecule is CCCCN1C(=O)C2C(c3ccc(OC(F)(F)F)cc3)NC(C(=O)O)(C(C)C)C2C1=O. The van der Waals surface area contributed by atoms with Crippen LogP contribution in [0.15, 0.2) is 24.3 Å². The van der Waals surface area contributed by atoms with Gasteiger partial charge in [0.1, 0.15) is 11.3 Å². The van der Waals surface area contributed by atoms with Crippen molar-refractivity contribution in [3.8, 4) is 5.75 Å². The highest BCUT2D eigenvalue weighted by atomic mass is 19.4. The summed E-state index contributed by atoms with van der Waals surface area (Å²) in [5.74, 6) is -5.25. The van der Waals surface area contributed by atoms with E-state index >= 15 is 0 Å². The molecule has 3 rings (SSSR count). The number of alkyl halides is 3. The fourth-order valence-corrected chi connectivity index (χ4v) is 4.67. The molecule has 170 valence electrons. The molecule has 0 bridgehead atoms. The molecule has 2 aliphatic heterocycles. The number of imide groups is 1. The van der Waals surface area contributed by atoms with Gasteiger partial charge in [-0.1, -0.05) is 39.3 Å². The second-order valence-electron chi connectivity index (χ2n) is 8.25. The lowest BCUT2D eigenvalue weighted by atomic mass is 9.73. The Bertz CT molecular complexity index is 871. The number of carboxylic acids is 1. The van der Waals surface area contributed by atoms with Crippen molar-refractivity contribution in [2.24, 2.45) is 17.8 Å². The standard InChI is InChI=1S/C21H25F3N2O5/c1-4-5-10-26-17(27)14-15(18(26)28)20(11(2)3,19(29)30)25-16(14)12-6-8-13(9-7-12)31-21(22,23)24/h6-9,11,14-16,25H,4-5,10H2,1-3H3,(H,29,30). The van der Waals surface area contributed by atoms with Gasteiger partial charge in [-0.3, -0.25) is 24.6 Å². The van der Waals surface area contributed by atoms with Crippen LogP contribution in [0.5, 0.6) is 5.75 Å². The third-order valence-electron chi connectivity index (χ3n) is 6.16. The van der Waals surface area contributed by atoms with Gasteiger partial charge in [-0.05, 0) is 30.0 Å². The zero-order chi connectivity index (χ0) is 23.1. The van der Waals surface area contributed by atoms with Crippen molar-refractivity contribution in [1.82, 2.24) is 10.2 Å². The van der Waals surface area contributed by atoms with E-state index in [0.717, 1.165) is 23.5 Å². The molecular formula is C21H25F3N2O5. The van der Waals surface area contributed by atoms with Crippen LogP contribution in [0.3, 0.4) is 0 Å². The number of likely N-dealkylation sites (tertiary alicyclic amines) is 1. The van der Waals surface area contributed by atoms with Gasteiger partial charge in [0, 0.05) is 12.6 Å². The Morgan fingerprint density at radius 2 is 1.84 bits per heavy atom. The number of ether oxygens (including phenoxy) is 1. The topological polar surface area (TPSA) is 95.9 Å². The maximum absolute atomic E-state index is 13.2. The van der Waals surface area contributed by atoms with Crippen LogP contribution in [0.4, 0.5) is 13.2 Å². The number of halogens is 3. The van der Waals surface area contributed by atoms with Crippen molar-refractivity contribution >= 4 is 17.8 Å². The molecule has 31 heavy (non-hydrogen) atoms. The third kappa shape index (κ3) is 3.88. The minimum Gasteiger partial charge on any atom is -0.480 e. The molecule has 2 fully saturated rings. The molecule has 2 amide bonds. The Labute approximate surface area is 177 Å². The number of fused-ring (bicyclic) bond motifs is 1. The molecule has 0 spiro atoms. The van der Waals surface area contributed by atoms with Crippen molar-refractivity contribution in [3.05, 3.63) is 29.8 Å². The summed E-state index contributed by atoms with van der Waals surface area (Å²) in [6.07, 6.45) is -3.49. The van der Waals surface area contributed by atoms with Crippen LogP contribution >= 0.6 is 0 Å².